The van der Waals surface area contributed by atoms with Crippen molar-refractivity contribution >= 4 is 0 Å². The second-order valence-corrected chi connectivity index (χ2v) is 7.29. The molecule has 0 N–H and O–H groups in total. The predicted octanol–water partition coefficient (Wildman–Crippen LogP) is 3.82. The summed E-state index contributed by atoms with van der Waals surface area (Å²) >= 11 is 0. The second kappa shape index (κ2) is 7.16. The van der Waals surface area contributed by atoms with Crippen LogP contribution in [0.15, 0.2) is 24.3 Å². The molecule has 1 atom stereocenters. The smallest absolute Gasteiger partial charge is 0.146 e. The average molecular weight is 340 g/mol. The van der Waals surface area contributed by atoms with E-state index in [4.69, 9.17) is 4.74 Å². The van der Waals surface area contributed by atoms with Crippen LogP contribution in [-0.4, -0.2) is 32.8 Å². The highest BCUT2D eigenvalue weighted by Crippen LogP contribution is 2.36. The number of hydrogen-bond acceptors (Lipinski definition) is 4. The molecule has 0 bridgehead atoms. The van der Waals surface area contributed by atoms with E-state index in [1.54, 1.807) is 0 Å². The van der Waals surface area contributed by atoms with Crippen molar-refractivity contribution < 1.29 is 4.74 Å². The SMILES string of the molecule is CCOc1ccc([C@@H]2CCCN2Cc2nnc(C3CCC3)n2C)cc1. The van der Waals surface area contributed by atoms with E-state index in [0.29, 0.717) is 18.6 Å². The summed E-state index contributed by atoms with van der Waals surface area (Å²) in [4.78, 5) is 2.55. The van der Waals surface area contributed by atoms with E-state index in [1.807, 2.05) is 6.92 Å². The van der Waals surface area contributed by atoms with Crippen molar-refractivity contribution in [2.45, 2.75) is 57.5 Å². The molecule has 5 heteroatoms. The number of nitrogens with zero attached hydrogens (tertiary/aromatic N) is 4. The van der Waals surface area contributed by atoms with Gasteiger partial charge in [-0.2, -0.15) is 0 Å². The molecular weight excluding hydrogens is 312 g/mol. The molecule has 1 saturated heterocycles. The van der Waals surface area contributed by atoms with Gasteiger partial charge in [-0.05, 0) is 56.8 Å². The number of ether oxygens (including phenoxy) is 1. The topological polar surface area (TPSA) is 43.2 Å². The third-order valence-corrected chi connectivity index (χ3v) is 5.75. The highest BCUT2D eigenvalue weighted by Gasteiger charge is 2.29. The summed E-state index contributed by atoms with van der Waals surface area (Å²) in [5.41, 5.74) is 1.38. The van der Waals surface area contributed by atoms with Gasteiger partial charge in [-0.15, -0.1) is 10.2 Å². The maximum absolute atomic E-state index is 5.57. The van der Waals surface area contributed by atoms with Crippen molar-refractivity contribution in [2.24, 2.45) is 7.05 Å². The normalized spacial score (nSPS) is 21.4. The van der Waals surface area contributed by atoms with Gasteiger partial charge in [0.25, 0.3) is 0 Å². The minimum atomic E-state index is 0.472. The molecule has 1 aliphatic heterocycles. The average Bonchev–Trinajstić information content (AvgIpc) is 3.17. The molecule has 1 aromatic heterocycles. The van der Waals surface area contributed by atoms with Gasteiger partial charge in [0, 0.05) is 19.0 Å². The molecule has 2 aliphatic rings. The summed E-state index contributed by atoms with van der Waals surface area (Å²) < 4.78 is 7.80. The molecule has 4 rings (SSSR count). The van der Waals surface area contributed by atoms with Crippen molar-refractivity contribution in [1.29, 1.82) is 0 Å². The summed E-state index contributed by atoms with van der Waals surface area (Å²) in [6.07, 6.45) is 6.32. The van der Waals surface area contributed by atoms with Gasteiger partial charge in [-0.25, -0.2) is 0 Å². The van der Waals surface area contributed by atoms with Crippen LogP contribution in [0.2, 0.25) is 0 Å². The van der Waals surface area contributed by atoms with E-state index >= 15 is 0 Å². The van der Waals surface area contributed by atoms with Gasteiger partial charge in [0.05, 0.1) is 13.2 Å². The lowest BCUT2D eigenvalue weighted by Crippen LogP contribution is -2.25. The summed E-state index contributed by atoms with van der Waals surface area (Å²) in [6, 6.07) is 9.08. The van der Waals surface area contributed by atoms with Crippen LogP contribution in [0.3, 0.4) is 0 Å². The van der Waals surface area contributed by atoms with Gasteiger partial charge >= 0.3 is 0 Å². The molecule has 0 unspecified atom stereocenters. The van der Waals surface area contributed by atoms with Crippen LogP contribution in [0, 0.1) is 0 Å². The summed E-state index contributed by atoms with van der Waals surface area (Å²) in [7, 11) is 2.13. The Hall–Kier alpha value is -1.88. The zero-order chi connectivity index (χ0) is 17.2. The summed E-state index contributed by atoms with van der Waals surface area (Å²) in [5, 5.41) is 8.98. The highest BCUT2D eigenvalue weighted by atomic mass is 16.5. The van der Waals surface area contributed by atoms with Crippen LogP contribution < -0.4 is 4.74 Å². The monoisotopic (exact) mass is 340 g/mol. The van der Waals surface area contributed by atoms with Crippen LogP contribution in [0.4, 0.5) is 0 Å². The standard InChI is InChI=1S/C20H28N4O/c1-3-25-17-11-9-15(10-12-17)18-8-5-13-24(18)14-19-21-22-20(23(19)2)16-6-4-7-16/h9-12,16,18H,3-8,13-14H2,1-2H3/t18-/m0/s1. The first-order valence-electron chi connectivity index (χ1n) is 9.61. The lowest BCUT2D eigenvalue weighted by atomic mass is 9.85. The zero-order valence-corrected chi connectivity index (χ0v) is 15.3. The largest absolute Gasteiger partial charge is 0.494 e. The zero-order valence-electron chi connectivity index (χ0n) is 15.3. The van der Waals surface area contributed by atoms with Crippen LogP contribution in [-0.2, 0) is 13.6 Å². The lowest BCUT2D eigenvalue weighted by molar-refractivity contribution is 0.239. The molecule has 5 nitrogen and oxygen atoms in total. The third kappa shape index (κ3) is 3.30. The summed E-state index contributed by atoms with van der Waals surface area (Å²) in [5.74, 6) is 3.86. The van der Waals surface area contributed by atoms with E-state index in [9.17, 15) is 0 Å². The van der Waals surface area contributed by atoms with E-state index in [0.717, 1.165) is 24.7 Å². The Morgan fingerprint density at radius 3 is 2.56 bits per heavy atom. The van der Waals surface area contributed by atoms with Crippen LogP contribution in [0.25, 0.3) is 0 Å². The maximum atomic E-state index is 5.57. The van der Waals surface area contributed by atoms with E-state index in [1.165, 1.54) is 43.5 Å². The van der Waals surface area contributed by atoms with Gasteiger partial charge in [-0.3, -0.25) is 4.90 Å². The van der Waals surface area contributed by atoms with Crippen molar-refractivity contribution in [1.82, 2.24) is 19.7 Å². The minimum Gasteiger partial charge on any atom is -0.494 e. The van der Waals surface area contributed by atoms with E-state index < -0.39 is 0 Å². The first-order chi connectivity index (χ1) is 12.3. The third-order valence-electron chi connectivity index (χ3n) is 5.75. The Balaban J connectivity index is 1.47. The summed E-state index contributed by atoms with van der Waals surface area (Å²) in [6.45, 7) is 4.74. The molecule has 2 heterocycles. The molecular formula is C20H28N4O. The lowest BCUT2D eigenvalue weighted by Gasteiger charge is -2.26. The van der Waals surface area contributed by atoms with Crippen molar-refractivity contribution in [3.8, 4) is 5.75 Å². The molecule has 2 aromatic rings. The Morgan fingerprint density at radius 2 is 1.88 bits per heavy atom. The fraction of sp³-hybridized carbons (Fsp3) is 0.600. The van der Waals surface area contributed by atoms with Gasteiger partial charge in [0.2, 0.25) is 0 Å². The highest BCUT2D eigenvalue weighted by molar-refractivity contribution is 5.29. The number of hydrogen-bond donors (Lipinski definition) is 0. The fourth-order valence-electron chi connectivity index (χ4n) is 4.06. The van der Waals surface area contributed by atoms with Crippen molar-refractivity contribution in [2.75, 3.05) is 13.2 Å². The van der Waals surface area contributed by atoms with E-state index in [-0.39, 0.29) is 0 Å². The Kier molecular flexibility index (Phi) is 4.75. The van der Waals surface area contributed by atoms with E-state index in [2.05, 4.69) is 51.0 Å². The van der Waals surface area contributed by atoms with Crippen molar-refractivity contribution in [3.05, 3.63) is 41.5 Å². The van der Waals surface area contributed by atoms with Crippen molar-refractivity contribution in [3.63, 3.8) is 0 Å². The molecule has 0 spiro atoms. The Morgan fingerprint density at radius 1 is 1.08 bits per heavy atom. The molecule has 1 aromatic carbocycles. The number of aromatic nitrogens is 3. The van der Waals surface area contributed by atoms with Gasteiger partial charge in [0.1, 0.15) is 17.4 Å². The Bertz CT molecular complexity index is 705. The van der Waals surface area contributed by atoms with Gasteiger partial charge in [-0.1, -0.05) is 18.6 Å². The molecule has 0 amide bonds. The first kappa shape index (κ1) is 16.6. The molecule has 134 valence electrons. The molecule has 0 radical (unpaired) electrons. The quantitative estimate of drug-likeness (QED) is 0.802. The maximum Gasteiger partial charge on any atom is 0.146 e. The molecule has 1 saturated carbocycles. The fourth-order valence-corrected chi connectivity index (χ4v) is 4.06. The van der Waals surface area contributed by atoms with Crippen LogP contribution in [0.5, 0.6) is 5.75 Å². The Labute approximate surface area is 150 Å². The molecule has 1 aliphatic carbocycles. The second-order valence-electron chi connectivity index (χ2n) is 7.29. The van der Waals surface area contributed by atoms with Crippen LogP contribution >= 0.6 is 0 Å². The predicted molar refractivity (Wildman–Crippen MR) is 97.6 cm³/mol. The number of likely N-dealkylation sites (tertiary alicyclic amines) is 1. The molecule has 2 fully saturated rings. The number of rotatable bonds is 6. The molecule has 25 heavy (non-hydrogen) atoms. The van der Waals surface area contributed by atoms with Crippen LogP contribution in [0.1, 0.15) is 68.2 Å². The van der Waals surface area contributed by atoms with Gasteiger partial charge in [0.15, 0.2) is 0 Å². The first-order valence-corrected chi connectivity index (χ1v) is 9.61. The number of benzene rings is 1. The minimum absolute atomic E-state index is 0.472. The van der Waals surface area contributed by atoms with Gasteiger partial charge < -0.3 is 9.30 Å².